The van der Waals surface area contributed by atoms with Crippen LogP contribution in [0.4, 0.5) is 4.39 Å². The first-order chi connectivity index (χ1) is 13.1. The van der Waals surface area contributed by atoms with Gasteiger partial charge in [-0.15, -0.1) is 0 Å². The number of amides is 1. The summed E-state index contributed by atoms with van der Waals surface area (Å²) >= 11 is 0. The lowest BCUT2D eigenvalue weighted by Crippen LogP contribution is -2.49. The van der Waals surface area contributed by atoms with Gasteiger partial charge in [0.05, 0.1) is 11.5 Å². The zero-order valence-electron chi connectivity index (χ0n) is 15.8. The van der Waals surface area contributed by atoms with E-state index in [0.29, 0.717) is 32.6 Å². The van der Waals surface area contributed by atoms with Gasteiger partial charge in [0.2, 0.25) is 5.91 Å². The maximum absolute atomic E-state index is 13.4. The Balaban J connectivity index is 1.78. The van der Waals surface area contributed by atoms with Crippen LogP contribution in [0.3, 0.4) is 0 Å². The summed E-state index contributed by atoms with van der Waals surface area (Å²) in [5, 5.41) is 3.07. The molecule has 1 amide bonds. The number of rotatable bonds is 6. The third kappa shape index (κ3) is 4.20. The van der Waals surface area contributed by atoms with Crippen LogP contribution in [0.15, 0.2) is 48.5 Å². The molecule has 4 nitrogen and oxygen atoms in total. The van der Waals surface area contributed by atoms with Crippen molar-refractivity contribution in [3.8, 4) is 0 Å². The third-order valence-corrected chi connectivity index (χ3v) is 5.45. The Morgan fingerprint density at radius 2 is 1.85 bits per heavy atom. The average molecular weight is 371 g/mol. The molecule has 0 saturated carbocycles. The molecule has 1 atom stereocenters. The number of methoxy groups -OCH3 is 1. The molecule has 2 aromatic rings. The monoisotopic (exact) mass is 371 g/mol. The first-order valence-electron chi connectivity index (χ1n) is 9.27. The molecule has 0 aromatic heterocycles. The van der Waals surface area contributed by atoms with Crippen LogP contribution < -0.4 is 5.32 Å². The van der Waals surface area contributed by atoms with Gasteiger partial charge in [0.15, 0.2) is 0 Å². The molecule has 0 radical (unpaired) electrons. The lowest BCUT2D eigenvalue weighted by Gasteiger charge is -2.36. The molecule has 1 heterocycles. The number of hydrogen-bond donors (Lipinski definition) is 1. The van der Waals surface area contributed by atoms with Crippen LogP contribution in [0, 0.1) is 12.7 Å². The van der Waals surface area contributed by atoms with Crippen LogP contribution in [0.1, 0.15) is 35.6 Å². The van der Waals surface area contributed by atoms with Gasteiger partial charge in [0.1, 0.15) is 5.82 Å². The van der Waals surface area contributed by atoms with E-state index in [-0.39, 0.29) is 17.8 Å². The van der Waals surface area contributed by atoms with E-state index >= 15 is 0 Å². The first kappa shape index (κ1) is 19.5. The molecular formula is C22H26FNO3. The minimum absolute atomic E-state index is 0.0620. The Kier molecular flexibility index (Phi) is 6.24. The van der Waals surface area contributed by atoms with Crippen molar-refractivity contribution in [2.75, 3.05) is 26.9 Å². The number of aryl methyl sites for hydroxylation is 1. The summed E-state index contributed by atoms with van der Waals surface area (Å²) in [5.41, 5.74) is 2.31. The second-order valence-corrected chi connectivity index (χ2v) is 6.99. The van der Waals surface area contributed by atoms with Crippen LogP contribution in [0.25, 0.3) is 0 Å². The molecule has 1 unspecified atom stereocenters. The SMILES string of the molecule is COC(CNC(=O)C1(c2ccc(F)cc2)CCOCC1)c1ccccc1C. The Morgan fingerprint density at radius 1 is 1.19 bits per heavy atom. The molecule has 1 fully saturated rings. The minimum atomic E-state index is -0.698. The number of hydrogen-bond acceptors (Lipinski definition) is 3. The highest BCUT2D eigenvalue weighted by molar-refractivity contribution is 5.88. The Labute approximate surface area is 159 Å². The predicted molar refractivity (Wildman–Crippen MR) is 102 cm³/mol. The van der Waals surface area contributed by atoms with Crippen LogP contribution in [-0.2, 0) is 19.7 Å². The molecule has 27 heavy (non-hydrogen) atoms. The van der Waals surface area contributed by atoms with Gasteiger partial charge in [0, 0.05) is 26.9 Å². The quantitative estimate of drug-likeness (QED) is 0.843. The fraction of sp³-hybridized carbons (Fsp3) is 0.409. The van der Waals surface area contributed by atoms with Crippen LogP contribution in [-0.4, -0.2) is 32.8 Å². The number of halogens is 1. The molecule has 1 N–H and O–H groups in total. The summed E-state index contributed by atoms with van der Waals surface area (Å²) in [7, 11) is 1.65. The predicted octanol–water partition coefficient (Wildman–Crippen LogP) is 3.69. The normalized spacial score (nSPS) is 17.3. The van der Waals surface area contributed by atoms with Crippen LogP contribution in [0.2, 0.25) is 0 Å². The van der Waals surface area contributed by atoms with Gasteiger partial charge in [0.25, 0.3) is 0 Å². The Bertz CT molecular complexity index is 769. The molecule has 0 bridgehead atoms. The second-order valence-electron chi connectivity index (χ2n) is 6.99. The smallest absolute Gasteiger partial charge is 0.230 e. The van der Waals surface area contributed by atoms with Crippen molar-refractivity contribution in [3.05, 3.63) is 71.0 Å². The number of ether oxygens (including phenoxy) is 2. The van der Waals surface area contributed by atoms with E-state index in [2.05, 4.69) is 5.32 Å². The van der Waals surface area contributed by atoms with E-state index in [1.807, 2.05) is 31.2 Å². The van der Waals surface area contributed by atoms with Gasteiger partial charge in [-0.05, 0) is 48.6 Å². The lowest BCUT2D eigenvalue weighted by molar-refractivity contribution is -0.131. The fourth-order valence-corrected chi connectivity index (χ4v) is 3.76. The van der Waals surface area contributed by atoms with E-state index in [9.17, 15) is 9.18 Å². The zero-order valence-corrected chi connectivity index (χ0v) is 15.8. The van der Waals surface area contributed by atoms with Crippen molar-refractivity contribution in [1.29, 1.82) is 0 Å². The van der Waals surface area contributed by atoms with Crippen LogP contribution in [0.5, 0.6) is 0 Å². The van der Waals surface area contributed by atoms with Crippen molar-refractivity contribution in [1.82, 2.24) is 5.32 Å². The topological polar surface area (TPSA) is 47.6 Å². The third-order valence-electron chi connectivity index (χ3n) is 5.45. The van der Waals surface area contributed by atoms with Gasteiger partial charge in [-0.2, -0.15) is 0 Å². The molecule has 144 valence electrons. The van der Waals surface area contributed by atoms with Crippen molar-refractivity contribution < 1.29 is 18.7 Å². The van der Waals surface area contributed by atoms with E-state index in [4.69, 9.17) is 9.47 Å². The van der Waals surface area contributed by atoms with Gasteiger partial charge in [-0.25, -0.2) is 4.39 Å². The zero-order chi connectivity index (χ0) is 19.3. The molecule has 1 aliphatic rings. The van der Waals surface area contributed by atoms with Gasteiger partial charge >= 0.3 is 0 Å². The minimum Gasteiger partial charge on any atom is -0.381 e. The van der Waals surface area contributed by atoms with E-state index in [0.717, 1.165) is 16.7 Å². The molecule has 1 aliphatic heterocycles. The highest BCUT2D eigenvalue weighted by atomic mass is 19.1. The molecular weight excluding hydrogens is 345 g/mol. The summed E-state index contributed by atoms with van der Waals surface area (Å²) in [6.07, 6.45) is 0.930. The lowest BCUT2D eigenvalue weighted by atomic mass is 9.73. The Morgan fingerprint density at radius 3 is 2.48 bits per heavy atom. The summed E-state index contributed by atoms with van der Waals surface area (Å²) in [5.74, 6) is -0.367. The van der Waals surface area contributed by atoms with Crippen molar-refractivity contribution >= 4 is 5.91 Å². The van der Waals surface area contributed by atoms with E-state index in [1.165, 1.54) is 12.1 Å². The van der Waals surface area contributed by atoms with Gasteiger partial charge in [-0.3, -0.25) is 4.79 Å². The molecule has 2 aromatic carbocycles. The maximum atomic E-state index is 13.4. The molecule has 0 spiro atoms. The number of nitrogens with one attached hydrogen (secondary N) is 1. The average Bonchev–Trinajstić information content (AvgIpc) is 2.70. The van der Waals surface area contributed by atoms with E-state index < -0.39 is 5.41 Å². The van der Waals surface area contributed by atoms with Crippen LogP contribution >= 0.6 is 0 Å². The van der Waals surface area contributed by atoms with Crippen molar-refractivity contribution in [2.24, 2.45) is 0 Å². The number of carbonyl (C=O) groups is 1. The summed E-state index contributed by atoms with van der Waals surface area (Å²) < 4.78 is 24.5. The van der Waals surface area contributed by atoms with Crippen molar-refractivity contribution in [2.45, 2.75) is 31.3 Å². The summed E-state index contributed by atoms with van der Waals surface area (Å²) in [6.45, 7) is 3.43. The maximum Gasteiger partial charge on any atom is 0.230 e. The highest BCUT2D eigenvalue weighted by Gasteiger charge is 2.41. The number of carbonyl (C=O) groups excluding carboxylic acids is 1. The molecule has 0 aliphatic carbocycles. The standard InChI is InChI=1S/C22H26FNO3/c1-16-5-3-4-6-19(16)20(26-2)15-24-21(25)22(11-13-27-14-12-22)17-7-9-18(23)10-8-17/h3-10,20H,11-15H2,1-2H3,(H,24,25). The number of benzene rings is 2. The van der Waals surface area contributed by atoms with Gasteiger partial charge < -0.3 is 14.8 Å². The highest BCUT2D eigenvalue weighted by Crippen LogP contribution is 2.35. The first-order valence-corrected chi connectivity index (χ1v) is 9.27. The van der Waals surface area contributed by atoms with E-state index in [1.54, 1.807) is 19.2 Å². The molecule has 5 heteroatoms. The van der Waals surface area contributed by atoms with Gasteiger partial charge in [-0.1, -0.05) is 36.4 Å². The molecule has 3 rings (SSSR count). The summed E-state index contributed by atoms with van der Waals surface area (Å²) in [6, 6.07) is 14.2. The molecule has 1 saturated heterocycles. The largest absolute Gasteiger partial charge is 0.381 e. The van der Waals surface area contributed by atoms with Crippen molar-refractivity contribution in [3.63, 3.8) is 0 Å². The summed E-state index contributed by atoms with van der Waals surface area (Å²) in [4.78, 5) is 13.2. The Hall–Kier alpha value is -2.24. The fourth-order valence-electron chi connectivity index (χ4n) is 3.76. The second kappa shape index (κ2) is 8.63.